The molecule has 0 radical (unpaired) electrons. The largest absolute Gasteiger partial charge is 0.0988 e. The zero-order valence-electron chi connectivity index (χ0n) is 20.7. The van der Waals surface area contributed by atoms with Crippen LogP contribution in [0.1, 0.15) is 119 Å². The Labute approximate surface area is 183 Å². The van der Waals surface area contributed by atoms with Crippen molar-refractivity contribution >= 4 is 0 Å². The molecule has 0 aromatic heterocycles. The van der Waals surface area contributed by atoms with Crippen LogP contribution in [0.3, 0.4) is 0 Å². The maximum atomic E-state index is 4.10. The quantitative estimate of drug-likeness (QED) is 0.240. The molecule has 2 fully saturated rings. The average molecular weight is 399 g/mol. The topological polar surface area (TPSA) is 0 Å². The van der Waals surface area contributed by atoms with Crippen LogP contribution in [0.15, 0.2) is 36.0 Å². The maximum Gasteiger partial charge on any atom is -0.0143 e. The van der Waals surface area contributed by atoms with Crippen molar-refractivity contribution in [1.29, 1.82) is 0 Å². The van der Waals surface area contributed by atoms with Gasteiger partial charge in [-0.25, -0.2) is 0 Å². The Morgan fingerprint density at radius 1 is 1.24 bits per heavy atom. The van der Waals surface area contributed by atoms with Crippen molar-refractivity contribution < 1.29 is 0 Å². The number of rotatable bonds is 11. The van der Waals surface area contributed by atoms with Gasteiger partial charge in [0.1, 0.15) is 0 Å². The molecule has 0 aromatic carbocycles. The zero-order valence-corrected chi connectivity index (χ0v) is 20.7. The Bertz CT molecular complexity index is 573. The van der Waals surface area contributed by atoms with Gasteiger partial charge in [0.05, 0.1) is 0 Å². The first-order chi connectivity index (χ1) is 13.7. The summed E-state index contributed by atoms with van der Waals surface area (Å²) in [6.07, 6.45) is 23.5. The number of hydrogen-bond donors (Lipinski definition) is 0. The first-order valence-electron chi connectivity index (χ1n) is 12.7. The molecule has 0 saturated heterocycles. The van der Waals surface area contributed by atoms with Crippen molar-refractivity contribution in [1.82, 2.24) is 0 Å². The highest BCUT2D eigenvalue weighted by atomic mass is 14.5. The summed E-state index contributed by atoms with van der Waals surface area (Å²) in [7, 11) is 0. The lowest BCUT2D eigenvalue weighted by Crippen LogP contribution is -2.33. The summed E-state index contributed by atoms with van der Waals surface area (Å²) in [5, 5.41) is 0. The van der Waals surface area contributed by atoms with E-state index in [1.54, 1.807) is 5.57 Å². The SMILES string of the molecule is C=C/C(=C/C=C1\CCCC2(C)C(CCCCC(C)C)CCC12)CCC(C)(C)CC. The Hall–Kier alpha value is -0.780. The van der Waals surface area contributed by atoms with E-state index in [9.17, 15) is 0 Å². The predicted octanol–water partition coefficient (Wildman–Crippen LogP) is 9.67. The smallest absolute Gasteiger partial charge is 0.0143 e. The molecule has 0 amide bonds. The van der Waals surface area contributed by atoms with Gasteiger partial charge in [0, 0.05) is 0 Å². The number of unbranched alkanes of at least 4 members (excludes halogenated alkanes) is 1. The van der Waals surface area contributed by atoms with Crippen LogP contribution in [0.4, 0.5) is 0 Å². The van der Waals surface area contributed by atoms with E-state index in [0.717, 1.165) is 24.2 Å². The van der Waals surface area contributed by atoms with Gasteiger partial charge < -0.3 is 0 Å². The molecule has 0 spiro atoms. The van der Waals surface area contributed by atoms with Crippen molar-refractivity contribution in [2.45, 2.75) is 119 Å². The Morgan fingerprint density at radius 3 is 2.66 bits per heavy atom. The second-order valence-corrected chi connectivity index (χ2v) is 11.6. The van der Waals surface area contributed by atoms with Crippen LogP contribution in [0.25, 0.3) is 0 Å². The minimum absolute atomic E-state index is 0.437. The van der Waals surface area contributed by atoms with Crippen molar-refractivity contribution in [3.8, 4) is 0 Å². The zero-order chi connectivity index (χ0) is 21.5. The molecule has 166 valence electrons. The summed E-state index contributed by atoms with van der Waals surface area (Å²) in [5.74, 6) is 2.65. The second kappa shape index (κ2) is 11.0. The first kappa shape index (κ1) is 24.5. The number of fused-ring (bicyclic) bond motifs is 1. The monoisotopic (exact) mass is 398 g/mol. The minimum atomic E-state index is 0.437. The van der Waals surface area contributed by atoms with Crippen LogP contribution in [-0.2, 0) is 0 Å². The van der Waals surface area contributed by atoms with Gasteiger partial charge in [-0.1, -0.05) is 97.6 Å². The Morgan fingerprint density at radius 2 is 2.00 bits per heavy atom. The lowest BCUT2D eigenvalue weighted by atomic mass is 9.62. The Kier molecular flexibility index (Phi) is 9.30. The van der Waals surface area contributed by atoms with Crippen LogP contribution < -0.4 is 0 Å². The van der Waals surface area contributed by atoms with Crippen molar-refractivity contribution in [2.24, 2.45) is 28.6 Å². The Balaban J connectivity index is 2.00. The van der Waals surface area contributed by atoms with Gasteiger partial charge in [-0.3, -0.25) is 0 Å². The van der Waals surface area contributed by atoms with Gasteiger partial charge in [-0.05, 0) is 85.5 Å². The lowest BCUT2D eigenvalue weighted by molar-refractivity contribution is 0.127. The summed E-state index contributed by atoms with van der Waals surface area (Å²) in [4.78, 5) is 0. The van der Waals surface area contributed by atoms with Gasteiger partial charge >= 0.3 is 0 Å². The van der Waals surface area contributed by atoms with Crippen LogP contribution >= 0.6 is 0 Å². The third-order valence-electron chi connectivity index (χ3n) is 8.57. The highest BCUT2D eigenvalue weighted by Gasteiger charge is 2.48. The van der Waals surface area contributed by atoms with Crippen molar-refractivity contribution in [2.75, 3.05) is 0 Å². The molecular weight excluding hydrogens is 348 g/mol. The summed E-state index contributed by atoms with van der Waals surface area (Å²) in [6, 6.07) is 0. The van der Waals surface area contributed by atoms with E-state index in [1.165, 1.54) is 76.2 Å². The number of hydrogen-bond acceptors (Lipinski definition) is 0. The van der Waals surface area contributed by atoms with Crippen molar-refractivity contribution in [3.63, 3.8) is 0 Å². The third-order valence-corrected chi connectivity index (χ3v) is 8.57. The van der Waals surface area contributed by atoms with E-state index in [0.29, 0.717) is 10.8 Å². The van der Waals surface area contributed by atoms with E-state index < -0.39 is 0 Å². The van der Waals surface area contributed by atoms with Gasteiger partial charge in [0.15, 0.2) is 0 Å². The van der Waals surface area contributed by atoms with Gasteiger partial charge in [-0.15, -0.1) is 0 Å². The molecule has 0 N–H and O–H groups in total. The molecule has 3 atom stereocenters. The molecule has 0 heteroatoms. The molecule has 2 aliphatic rings. The molecule has 0 nitrogen and oxygen atoms in total. The second-order valence-electron chi connectivity index (χ2n) is 11.6. The summed E-state index contributed by atoms with van der Waals surface area (Å²) >= 11 is 0. The number of allylic oxidation sites excluding steroid dienone is 5. The van der Waals surface area contributed by atoms with Gasteiger partial charge in [0.25, 0.3) is 0 Å². The van der Waals surface area contributed by atoms with Crippen molar-refractivity contribution in [3.05, 3.63) is 36.0 Å². The fraction of sp³-hybridized carbons (Fsp3) is 0.793. The summed E-state index contributed by atoms with van der Waals surface area (Å²) in [5.41, 5.74) is 4.17. The highest BCUT2D eigenvalue weighted by Crippen LogP contribution is 2.58. The van der Waals surface area contributed by atoms with Crippen LogP contribution in [0.2, 0.25) is 0 Å². The molecule has 0 aliphatic heterocycles. The summed E-state index contributed by atoms with van der Waals surface area (Å²) < 4.78 is 0. The van der Waals surface area contributed by atoms with E-state index in [4.69, 9.17) is 0 Å². The van der Waals surface area contributed by atoms with Gasteiger partial charge in [0.2, 0.25) is 0 Å². The van der Waals surface area contributed by atoms with Gasteiger partial charge in [-0.2, -0.15) is 0 Å². The highest BCUT2D eigenvalue weighted by molar-refractivity contribution is 5.28. The molecule has 2 aliphatic carbocycles. The third kappa shape index (κ3) is 6.86. The fourth-order valence-corrected chi connectivity index (χ4v) is 5.89. The minimum Gasteiger partial charge on any atom is -0.0988 e. The molecule has 0 bridgehead atoms. The first-order valence-corrected chi connectivity index (χ1v) is 12.7. The van der Waals surface area contributed by atoms with E-state index in [2.05, 4.69) is 66.3 Å². The molecule has 2 rings (SSSR count). The van der Waals surface area contributed by atoms with E-state index in [-0.39, 0.29) is 0 Å². The molecule has 29 heavy (non-hydrogen) atoms. The molecule has 0 heterocycles. The predicted molar refractivity (Wildman–Crippen MR) is 131 cm³/mol. The molecule has 3 unspecified atom stereocenters. The summed E-state index contributed by atoms with van der Waals surface area (Å²) in [6.45, 7) is 18.5. The van der Waals surface area contributed by atoms with Crippen LogP contribution in [-0.4, -0.2) is 0 Å². The maximum absolute atomic E-state index is 4.10. The standard InChI is InChI=1S/C29H50/c1-8-24(20-22-28(5,6)9-2)16-17-25-14-12-21-29(7)26(18-19-27(25)29)15-11-10-13-23(3)4/h8,16-17,23,26-27H,1,9-15,18-22H2,2-7H3/b24-16-,25-17+. The lowest BCUT2D eigenvalue weighted by Gasteiger charge is -2.42. The average Bonchev–Trinajstić information content (AvgIpc) is 3.02. The van der Waals surface area contributed by atoms with Crippen LogP contribution in [0.5, 0.6) is 0 Å². The molecular formula is C29H50. The van der Waals surface area contributed by atoms with E-state index >= 15 is 0 Å². The van der Waals surface area contributed by atoms with Crippen LogP contribution in [0, 0.1) is 28.6 Å². The molecule has 2 saturated carbocycles. The molecule has 0 aromatic rings. The normalized spacial score (nSPS) is 29.5. The van der Waals surface area contributed by atoms with E-state index in [1.807, 2.05) is 0 Å². The fourth-order valence-electron chi connectivity index (χ4n) is 5.89.